The van der Waals surface area contributed by atoms with Crippen LogP contribution in [0.3, 0.4) is 0 Å². The summed E-state index contributed by atoms with van der Waals surface area (Å²) < 4.78 is 10.1. The molecule has 1 rings (SSSR count). The molecule has 0 radical (unpaired) electrons. The molecule has 0 aliphatic heterocycles. The number of benzene rings is 1. The van der Waals surface area contributed by atoms with Crippen molar-refractivity contribution in [3.8, 4) is 0 Å². The van der Waals surface area contributed by atoms with Gasteiger partial charge >= 0.3 is 0 Å². The lowest BCUT2D eigenvalue weighted by atomic mass is 9.95. The third-order valence-electron chi connectivity index (χ3n) is 2.39. The van der Waals surface area contributed by atoms with E-state index in [1.165, 1.54) is 14.2 Å². The van der Waals surface area contributed by atoms with Crippen LogP contribution in [0.1, 0.15) is 12.5 Å². The Labute approximate surface area is 105 Å². The molecule has 1 unspecified atom stereocenters. The van der Waals surface area contributed by atoms with E-state index in [2.05, 4.69) is 0 Å². The Bertz CT molecular complexity index is 362. The third-order valence-corrected chi connectivity index (χ3v) is 3.13. The summed E-state index contributed by atoms with van der Waals surface area (Å²) in [7, 11) is 2.92. The number of methoxy groups -OCH3 is 2. The highest BCUT2D eigenvalue weighted by atomic mass is 35.5. The molecule has 0 fully saturated rings. The van der Waals surface area contributed by atoms with Crippen LogP contribution in [0.5, 0.6) is 0 Å². The van der Waals surface area contributed by atoms with E-state index in [-0.39, 0.29) is 0 Å². The first-order chi connectivity index (χ1) is 7.43. The van der Waals surface area contributed by atoms with Crippen molar-refractivity contribution in [2.75, 3.05) is 14.2 Å². The summed E-state index contributed by atoms with van der Waals surface area (Å²) in [6.45, 7) is 1.59. The molecule has 0 aromatic heterocycles. The highest BCUT2D eigenvalue weighted by Gasteiger charge is 2.34. The molecule has 0 aliphatic rings. The molecule has 5 heteroatoms. The standard InChI is InChI=1S/C11H14Cl2O3/c1-11(14,10(15-2)16-3)7-4-5-8(12)9(13)6-7/h4-6,10,14H,1-3H3. The highest BCUT2D eigenvalue weighted by Crippen LogP contribution is 2.31. The van der Waals surface area contributed by atoms with Gasteiger partial charge in [-0.05, 0) is 24.6 Å². The van der Waals surface area contributed by atoms with Gasteiger partial charge < -0.3 is 14.6 Å². The molecule has 0 amide bonds. The van der Waals surface area contributed by atoms with Crippen molar-refractivity contribution in [2.24, 2.45) is 0 Å². The average Bonchev–Trinajstić information content (AvgIpc) is 2.23. The fourth-order valence-corrected chi connectivity index (χ4v) is 1.80. The zero-order valence-electron chi connectivity index (χ0n) is 9.33. The SMILES string of the molecule is COC(OC)C(C)(O)c1ccc(Cl)c(Cl)c1. The Hall–Kier alpha value is -0.320. The molecule has 16 heavy (non-hydrogen) atoms. The molecule has 1 N–H and O–H groups in total. The maximum absolute atomic E-state index is 10.3. The monoisotopic (exact) mass is 264 g/mol. The minimum absolute atomic E-state index is 0.380. The number of rotatable bonds is 4. The summed E-state index contributed by atoms with van der Waals surface area (Å²) in [6, 6.07) is 4.89. The third kappa shape index (κ3) is 2.67. The van der Waals surface area contributed by atoms with Crippen molar-refractivity contribution in [3.63, 3.8) is 0 Å². The minimum Gasteiger partial charge on any atom is -0.380 e. The first kappa shape index (κ1) is 13.7. The van der Waals surface area contributed by atoms with E-state index in [4.69, 9.17) is 32.7 Å². The van der Waals surface area contributed by atoms with Gasteiger partial charge in [-0.15, -0.1) is 0 Å². The lowest BCUT2D eigenvalue weighted by Gasteiger charge is -2.31. The van der Waals surface area contributed by atoms with Crippen molar-refractivity contribution in [1.29, 1.82) is 0 Å². The van der Waals surface area contributed by atoms with Crippen molar-refractivity contribution in [2.45, 2.75) is 18.8 Å². The molecule has 0 saturated carbocycles. The topological polar surface area (TPSA) is 38.7 Å². The molecule has 0 spiro atoms. The predicted molar refractivity (Wildman–Crippen MR) is 63.8 cm³/mol. The second-order valence-corrected chi connectivity index (χ2v) is 4.39. The van der Waals surface area contributed by atoms with Crippen molar-refractivity contribution < 1.29 is 14.6 Å². The Morgan fingerprint density at radius 3 is 2.19 bits per heavy atom. The van der Waals surface area contributed by atoms with Gasteiger partial charge in [0, 0.05) is 14.2 Å². The Morgan fingerprint density at radius 2 is 1.75 bits per heavy atom. The van der Waals surface area contributed by atoms with E-state index in [9.17, 15) is 5.11 Å². The normalized spacial score (nSPS) is 15.2. The molecule has 0 saturated heterocycles. The highest BCUT2D eigenvalue weighted by molar-refractivity contribution is 6.42. The number of halogens is 2. The van der Waals surface area contributed by atoms with Crippen LogP contribution in [0, 0.1) is 0 Å². The van der Waals surface area contributed by atoms with Crippen LogP contribution >= 0.6 is 23.2 Å². The van der Waals surface area contributed by atoms with Crippen LogP contribution in [-0.4, -0.2) is 25.6 Å². The number of hydrogen-bond acceptors (Lipinski definition) is 3. The van der Waals surface area contributed by atoms with Gasteiger partial charge in [-0.25, -0.2) is 0 Å². The predicted octanol–water partition coefficient (Wildman–Crippen LogP) is 2.82. The molecular formula is C11H14Cl2O3. The molecule has 0 aliphatic carbocycles. The van der Waals surface area contributed by atoms with Crippen LogP contribution in [0.15, 0.2) is 18.2 Å². The lowest BCUT2D eigenvalue weighted by Crippen LogP contribution is -2.39. The lowest BCUT2D eigenvalue weighted by molar-refractivity contribution is -0.213. The molecule has 3 nitrogen and oxygen atoms in total. The summed E-state index contributed by atoms with van der Waals surface area (Å²) in [5.41, 5.74) is -0.715. The summed E-state index contributed by atoms with van der Waals surface area (Å²) >= 11 is 11.7. The van der Waals surface area contributed by atoms with E-state index in [0.717, 1.165) is 0 Å². The second kappa shape index (κ2) is 5.34. The Morgan fingerprint density at radius 1 is 1.19 bits per heavy atom. The van der Waals surface area contributed by atoms with Crippen LogP contribution in [0.4, 0.5) is 0 Å². The fraction of sp³-hybridized carbons (Fsp3) is 0.455. The first-order valence-corrected chi connectivity index (χ1v) is 5.42. The zero-order chi connectivity index (χ0) is 12.3. The molecule has 1 atom stereocenters. The smallest absolute Gasteiger partial charge is 0.189 e. The summed E-state index contributed by atoms with van der Waals surface area (Å²) in [5, 5.41) is 11.1. The largest absolute Gasteiger partial charge is 0.380 e. The maximum Gasteiger partial charge on any atom is 0.189 e. The van der Waals surface area contributed by atoms with Crippen LogP contribution in [0.2, 0.25) is 10.0 Å². The van der Waals surface area contributed by atoms with Crippen molar-refractivity contribution in [3.05, 3.63) is 33.8 Å². The average molecular weight is 265 g/mol. The molecule has 0 bridgehead atoms. The van der Waals surface area contributed by atoms with Gasteiger partial charge in [-0.2, -0.15) is 0 Å². The van der Waals surface area contributed by atoms with Crippen LogP contribution in [0.25, 0.3) is 0 Å². The van der Waals surface area contributed by atoms with Gasteiger partial charge in [0.1, 0.15) is 5.60 Å². The van der Waals surface area contributed by atoms with Crippen molar-refractivity contribution in [1.82, 2.24) is 0 Å². The van der Waals surface area contributed by atoms with Crippen LogP contribution < -0.4 is 0 Å². The zero-order valence-corrected chi connectivity index (χ0v) is 10.8. The van der Waals surface area contributed by atoms with Crippen molar-refractivity contribution >= 4 is 23.2 Å². The number of ether oxygens (including phenoxy) is 2. The quantitative estimate of drug-likeness (QED) is 0.851. The fourth-order valence-electron chi connectivity index (χ4n) is 1.50. The maximum atomic E-state index is 10.3. The van der Waals surface area contributed by atoms with Gasteiger partial charge in [0.2, 0.25) is 0 Å². The summed E-state index contributed by atoms with van der Waals surface area (Å²) in [4.78, 5) is 0. The molecule has 1 aromatic carbocycles. The van der Waals surface area contributed by atoms with Gasteiger partial charge in [-0.3, -0.25) is 0 Å². The second-order valence-electron chi connectivity index (χ2n) is 3.58. The minimum atomic E-state index is -1.29. The van der Waals surface area contributed by atoms with E-state index < -0.39 is 11.9 Å². The molecule has 0 heterocycles. The Balaban J connectivity index is 3.10. The molecule has 90 valence electrons. The number of hydrogen-bond donors (Lipinski definition) is 1. The molecule has 1 aromatic rings. The first-order valence-electron chi connectivity index (χ1n) is 4.67. The summed E-state index contributed by atoms with van der Waals surface area (Å²) in [6.07, 6.45) is -0.773. The van der Waals surface area contributed by atoms with E-state index in [1.54, 1.807) is 25.1 Å². The van der Waals surface area contributed by atoms with Gasteiger partial charge in [-0.1, -0.05) is 29.3 Å². The van der Waals surface area contributed by atoms with Crippen LogP contribution in [-0.2, 0) is 15.1 Å². The molecular weight excluding hydrogens is 251 g/mol. The number of aliphatic hydroxyl groups is 1. The van der Waals surface area contributed by atoms with Gasteiger partial charge in [0.05, 0.1) is 10.0 Å². The Kier molecular flexibility index (Phi) is 4.59. The summed E-state index contributed by atoms with van der Waals surface area (Å²) in [5.74, 6) is 0. The van der Waals surface area contributed by atoms with E-state index in [0.29, 0.717) is 15.6 Å². The van der Waals surface area contributed by atoms with E-state index >= 15 is 0 Å². The van der Waals surface area contributed by atoms with E-state index in [1.807, 2.05) is 0 Å². The van der Waals surface area contributed by atoms with Gasteiger partial charge in [0.15, 0.2) is 6.29 Å². The van der Waals surface area contributed by atoms with Gasteiger partial charge in [0.25, 0.3) is 0 Å².